The van der Waals surface area contributed by atoms with Crippen LogP contribution in [-0.2, 0) is 15.9 Å². The van der Waals surface area contributed by atoms with Crippen LogP contribution in [0.15, 0.2) is 28.7 Å². The van der Waals surface area contributed by atoms with E-state index in [4.69, 9.17) is 9.47 Å². The number of benzene rings is 1. The second kappa shape index (κ2) is 6.56. The SMILES string of the molecule is Brc1cccc(CCN2CCOC3(CCOCC3)C2)c1. The van der Waals surface area contributed by atoms with Crippen molar-refractivity contribution < 1.29 is 9.47 Å². The van der Waals surface area contributed by atoms with Gasteiger partial charge in [-0.2, -0.15) is 0 Å². The zero-order chi connectivity index (χ0) is 13.8. The smallest absolute Gasteiger partial charge is 0.0853 e. The molecule has 0 radical (unpaired) electrons. The van der Waals surface area contributed by atoms with Gasteiger partial charge < -0.3 is 9.47 Å². The molecule has 0 unspecified atom stereocenters. The van der Waals surface area contributed by atoms with Crippen LogP contribution in [0, 0.1) is 0 Å². The van der Waals surface area contributed by atoms with Crippen LogP contribution in [0.25, 0.3) is 0 Å². The Bertz CT molecular complexity index is 440. The van der Waals surface area contributed by atoms with Crippen LogP contribution in [0.1, 0.15) is 18.4 Å². The summed E-state index contributed by atoms with van der Waals surface area (Å²) in [5.74, 6) is 0. The van der Waals surface area contributed by atoms with Crippen molar-refractivity contribution in [3.63, 3.8) is 0 Å². The summed E-state index contributed by atoms with van der Waals surface area (Å²) in [6.45, 7) is 5.78. The molecule has 0 aliphatic carbocycles. The van der Waals surface area contributed by atoms with Crippen molar-refractivity contribution in [2.45, 2.75) is 24.9 Å². The summed E-state index contributed by atoms with van der Waals surface area (Å²) in [5, 5.41) is 0. The molecule has 4 heteroatoms. The second-order valence-electron chi connectivity index (χ2n) is 5.80. The molecule has 0 saturated carbocycles. The molecule has 3 nitrogen and oxygen atoms in total. The van der Waals surface area contributed by atoms with Gasteiger partial charge in [-0.1, -0.05) is 28.1 Å². The Kier molecular flexibility index (Phi) is 4.76. The molecular weight excluding hydrogens is 318 g/mol. The molecule has 2 aliphatic heterocycles. The maximum absolute atomic E-state index is 6.08. The summed E-state index contributed by atoms with van der Waals surface area (Å²) in [5.41, 5.74) is 1.46. The predicted molar refractivity (Wildman–Crippen MR) is 83.0 cm³/mol. The number of morpholine rings is 1. The highest BCUT2D eigenvalue weighted by molar-refractivity contribution is 9.10. The molecule has 2 heterocycles. The fourth-order valence-electron chi connectivity index (χ4n) is 3.14. The van der Waals surface area contributed by atoms with Gasteiger partial charge in [0.15, 0.2) is 0 Å². The summed E-state index contributed by atoms with van der Waals surface area (Å²) in [6.07, 6.45) is 3.19. The third-order valence-electron chi connectivity index (χ3n) is 4.34. The van der Waals surface area contributed by atoms with Crippen LogP contribution in [0.5, 0.6) is 0 Å². The Balaban J connectivity index is 1.55. The summed E-state index contributed by atoms with van der Waals surface area (Å²) >= 11 is 3.54. The molecule has 2 aliphatic rings. The van der Waals surface area contributed by atoms with Crippen molar-refractivity contribution in [3.8, 4) is 0 Å². The van der Waals surface area contributed by atoms with Crippen molar-refractivity contribution >= 4 is 15.9 Å². The molecule has 0 atom stereocenters. The van der Waals surface area contributed by atoms with Crippen LogP contribution in [-0.4, -0.2) is 50.0 Å². The first kappa shape index (κ1) is 14.5. The van der Waals surface area contributed by atoms with E-state index >= 15 is 0 Å². The van der Waals surface area contributed by atoms with Crippen LogP contribution in [0.3, 0.4) is 0 Å². The van der Waals surface area contributed by atoms with E-state index < -0.39 is 0 Å². The van der Waals surface area contributed by atoms with Gasteiger partial charge in [0, 0.05) is 50.2 Å². The van der Waals surface area contributed by atoms with Crippen molar-refractivity contribution in [3.05, 3.63) is 34.3 Å². The molecular formula is C16H22BrNO2. The molecule has 20 heavy (non-hydrogen) atoms. The van der Waals surface area contributed by atoms with Gasteiger partial charge in [-0.25, -0.2) is 0 Å². The molecule has 1 spiro atoms. The van der Waals surface area contributed by atoms with Crippen LogP contribution < -0.4 is 0 Å². The van der Waals surface area contributed by atoms with E-state index in [0.29, 0.717) is 0 Å². The van der Waals surface area contributed by atoms with Gasteiger partial charge in [-0.05, 0) is 24.1 Å². The normalized spacial score (nSPS) is 23.1. The first-order valence-electron chi connectivity index (χ1n) is 7.44. The monoisotopic (exact) mass is 339 g/mol. The molecule has 0 N–H and O–H groups in total. The van der Waals surface area contributed by atoms with Gasteiger partial charge in [0.2, 0.25) is 0 Å². The molecule has 2 saturated heterocycles. The van der Waals surface area contributed by atoms with Crippen LogP contribution >= 0.6 is 15.9 Å². The van der Waals surface area contributed by atoms with Gasteiger partial charge in [0.25, 0.3) is 0 Å². The molecule has 110 valence electrons. The average molecular weight is 340 g/mol. The largest absolute Gasteiger partial charge is 0.381 e. The Labute approximate surface area is 129 Å². The standard InChI is InChI=1S/C16H22BrNO2/c17-15-3-1-2-14(12-15)4-7-18-8-11-20-16(13-18)5-9-19-10-6-16/h1-3,12H,4-11,13H2. The highest BCUT2D eigenvalue weighted by Gasteiger charge is 2.37. The van der Waals surface area contributed by atoms with E-state index in [1.807, 2.05) is 0 Å². The van der Waals surface area contributed by atoms with E-state index in [0.717, 1.165) is 63.2 Å². The third-order valence-corrected chi connectivity index (χ3v) is 4.83. The van der Waals surface area contributed by atoms with Crippen molar-refractivity contribution in [2.75, 3.05) is 39.5 Å². The number of rotatable bonds is 3. The van der Waals surface area contributed by atoms with E-state index in [9.17, 15) is 0 Å². The zero-order valence-electron chi connectivity index (χ0n) is 11.8. The molecule has 3 rings (SSSR count). The molecule has 0 bridgehead atoms. The Morgan fingerprint density at radius 2 is 2.05 bits per heavy atom. The summed E-state index contributed by atoms with van der Waals surface area (Å²) < 4.78 is 12.7. The lowest BCUT2D eigenvalue weighted by Gasteiger charge is -2.44. The quantitative estimate of drug-likeness (QED) is 0.845. The fourth-order valence-corrected chi connectivity index (χ4v) is 3.59. The highest BCUT2D eigenvalue weighted by Crippen LogP contribution is 2.29. The fraction of sp³-hybridized carbons (Fsp3) is 0.625. The van der Waals surface area contributed by atoms with Gasteiger partial charge in [-0.3, -0.25) is 4.90 Å². The number of ether oxygens (including phenoxy) is 2. The Hall–Kier alpha value is -0.420. The van der Waals surface area contributed by atoms with Gasteiger partial charge in [0.1, 0.15) is 0 Å². The minimum Gasteiger partial charge on any atom is -0.381 e. The first-order valence-corrected chi connectivity index (χ1v) is 8.24. The number of halogens is 1. The van der Waals surface area contributed by atoms with Crippen LogP contribution in [0.4, 0.5) is 0 Å². The molecule has 0 amide bonds. The lowest BCUT2D eigenvalue weighted by atomic mass is 9.92. The molecule has 0 aromatic heterocycles. The van der Waals surface area contributed by atoms with E-state index in [-0.39, 0.29) is 5.60 Å². The summed E-state index contributed by atoms with van der Waals surface area (Å²) in [7, 11) is 0. The maximum Gasteiger partial charge on any atom is 0.0853 e. The van der Waals surface area contributed by atoms with Gasteiger partial charge >= 0.3 is 0 Å². The average Bonchev–Trinajstić information content (AvgIpc) is 2.46. The first-order chi connectivity index (χ1) is 9.76. The lowest BCUT2D eigenvalue weighted by Crippen LogP contribution is -2.54. The molecule has 1 aromatic carbocycles. The summed E-state index contributed by atoms with van der Waals surface area (Å²) in [6, 6.07) is 8.61. The minimum atomic E-state index is 0.0633. The third kappa shape index (κ3) is 3.61. The lowest BCUT2D eigenvalue weighted by molar-refractivity contribution is -0.153. The maximum atomic E-state index is 6.08. The highest BCUT2D eigenvalue weighted by atomic mass is 79.9. The van der Waals surface area contributed by atoms with Crippen molar-refractivity contribution in [1.29, 1.82) is 0 Å². The second-order valence-corrected chi connectivity index (χ2v) is 6.72. The molecule has 2 fully saturated rings. The number of nitrogens with zero attached hydrogens (tertiary/aromatic N) is 1. The number of hydrogen-bond donors (Lipinski definition) is 0. The van der Waals surface area contributed by atoms with E-state index in [1.54, 1.807) is 0 Å². The van der Waals surface area contributed by atoms with E-state index in [2.05, 4.69) is 45.1 Å². The van der Waals surface area contributed by atoms with Gasteiger partial charge in [0.05, 0.1) is 12.2 Å². The van der Waals surface area contributed by atoms with E-state index in [1.165, 1.54) is 5.56 Å². The summed E-state index contributed by atoms with van der Waals surface area (Å²) in [4.78, 5) is 2.55. The Morgan fingerprint density at radius 1 is 1.20 bits per heavy atom. The molecule has 1 aromatic rings. The zero-order valence-corrected chi connectivity index (χ0v) is 13.4. The Morgan fingerprint density at radius 3 is 2.85 bits per heavy atom. The predicted octanol–water partition coefficient (Wildman–Crippen LogP) is 2.87. The topological polar surface area (TPSA) is 21.7 Å². The van der Waals surface area contributed by atoms with Gasteiger partial charge in [-0.15, -0.1) is 0 Å². The van der Waals surface area contributed by atoms with Crippen molar-refractivity contribution in [2.24, 2.45) is 0 Å². The number of hydrogen-bond acceptors (Lipinski definition) is 3. The van der Waals surface area contributed by atoms with Crippen LogP contribution in [0.2, 0.25) is 0 Å². The van der Waals surface area contributed by atoms with Crippen molar-refractivity contribution in [1.82, 2.24) is 4.90 Å². The minimum absolute atomic E-state index is 0.0633.